The summed E-state index contributed by atoms with van der Waals surface area (Å²) in [6, 6.07) is 0.00630. The van der Waals surface area contributed by atoms with Crippen LogP contribution >= 0.6 is 0 Å². The Bertz CT molecular complexity index is 399. The molecule has 2 rings (SSSR count). The van der Waals surface area contributed by atoms with Crippen molar-refractivity contribution in [2.75, 3.05) is 13.6 Å². The molecule has 1 fully saturated rings. The molecule has 0 spiro atoms. The molecule has 0 bridgehead atoms. The van der Waals surface area contributed by atoms with Gasteiger partial charge >= 0.3 is 0 Å². The van der Waals surface area contributed by atoms with Crippen LogP contribution in [0.4, 0.5) is 0 Å². The smallest absolute Gasteiger partial charge is 0.268 e. The Morgan fingerprint density at radius 3 is 2.80 bits per heavy atom. The molecule has 1 aliphatic heterocycles. The van der Waals surface area contributed by atoms with Crippen molar-refractivity contribution < 1.29 is 4.79 Å². The molecule has 2 atom stereocenters. The minimum atomic E-state index is -0.121. The van der Waals surface area contributed by atoms with Gasteiger partial charge in [0.25, 0.3) is 5.91 Å². The fourth-order valence-corrected chi connectivity index (χ4v) is 2.48. The molecule has 0 aromatic heterocycles. The number of carbonyl (C=O) groups is 1. The zero-order valence-electron chi connectivity index (χ0n) is 12.7. The van der Waals surface area contributed by atoms with Gasteiger partial charge in [0.15, 0.2) is 0 Å². The summed E-state index contributed by atoms with van der Waals surface area (Å²) < 4.78 is 0. The maximum Gasteiger partial charge on any atom is 0.268 e. The van der Waals surface area contributed by atoms with E-state index in [4.69, 9.17) is 0 Å². The van der Waals surface area contributed by atoms with E-state index < -0.39 is 0 Å². The van der Waals surface area contributed by atoms with Gasteiger partial charge in [-0.15, -0.1) is 5.10 Å². The van der Waals surface area contributed by atoms with Gasteiger partial charge in [-0.2, -0.15) is 5.10 Å². The maximum atomic E-state index is 12.0. The van der Waals surface area contributed by atoms with E-state index in [2.05, 4.69) is 34.7 Å². The largest absolute Gasteiger partial charge is 0.354 e. The normalized spacial score (nSPS) is 25.7. The topological polar surface area (TPSA) is 65.8 Å². The summed E-state index contributed by atoms with van der Waals surface area (Å²) in [4.78, 5) is 12.0. The van der Waals surface area contributed by atoms with Crippen molar-refractivity contribution in [2.45, 2.75) is 45.6 Å². The second-order valence-corrected chi connectivity index (χ2v) is 6.29. The minimum Gasteiger partial charge on any atom is -0.354 e. The van der Waals surface area contributed by atoms with E-state index in [1.807, 2.05) is 6.21 Å². The highest BCUT2D eigenvalue weighted by Crippen LogP contribution is 2.28. The third kappa shape index (κ3) is 4.13. The van der Waals surface area contributed by atoms with Crippen LogP contribution in [0, 0.1) is 17.8 Å². The quantitative estimate of drug-likeness (QED) is 0.743. The highest BCUT2D eigenvalue weighted by Gasteiger charge is 2.33. The van der Waals surface area contributed by atoms with Crippen LogP contribution in [-0.4, -0.2) is 37.5 Å². The molecule has 20 heavy (non-hydrogen) atoms. The molecule has 0 saturated heterocycles. The Labute approximate surface area is 121 Å². The number of rotatable bonds is 7. The Balaban J connectivity index is 2.02. The molecular weight excluding hydrogens is 252 g/mol. The molecule has 0 radical (unpaired) electrons. The van der Waals surface area contributed by atoms with E-state index in [0.29, 0.717) is 11.6 Å². The molecule has 0 aromatic carbocycles. The molecular formula is C15H26N4O. The molecule has 2 N–H and O–H groups in total. The standard InChI is InChI=1S/C15H26N4O/c1-10(2)4-7-12-9-18-19-14(15(20)16-3)13(12)17-8-11-5-6-11/h9-13,17H,4-8H2,1-3H3,(H,16,20). The second kappa shape index (κ2) is 6.97. The molecule has 0 aromatic rings. The third-order valence-electron chi connectivity index (χ3n) is 4.01. The Morgan fingerprint density at radius 1 is 1.45 bits per heavy atom. The molecule has 1 heterocycles. The lowest BCUT2D eigenvalue weighted by atomic mass is 9.88. The van der Waals surface area contributed by atoms with Gasteiger partial charge in [0.1, 0.15) is 5.71 Å². The molecule has 1 aliphatic carbocycles. The van der Waals surface area contributed by atoms with Crippen LogP contribution in [0.5, 0.6) is 0 Å². The van der Waals surface area contributed by atoms with Crippen molar-refractivity contribution in [3.8, 4) is 0 Å². The summed E-state index contributed by atoms with van der Waals surface area (Å²) in [7, 11) is 1.64. The first-order valence-electron chi connectivity index (χ1n) is 7.68. The van der Waals surface area contributed by atoms with Crippen LogP contribution in [0.3, 0.4) is 0 Å². The highest BCUT2D eigenvalue weighted by molar-refractivity contribution is 6.41. The lowest BCUT2D eigenvalue weighted by Crippen LogP contribution is -2.51. The Hall–Kier alpha value is -1.23. The Kier molecular flexibility index (Phi) is 5.29. The predicted octanol–water partition coefficient (Wildman–Crippen LogP) is 1.59. The molecule has 2 unspecified atom stereocenters. The average Bonchev–Trinajstić information content (AvgIpc) is 3.26. The first kappa shape index (κ1) is 15.2. The van der Waals surface area contributed by atoms with Gasteiger partial charge in [-0.05, 0) is 37.6 Å². The summed E-state index contributed by atoms with van der Waals surface area (Å²) in [6.07, 6.45) is 6.69. The van der Waals surface area contributed by atoms with Crippen LogP contribution in [0.25, 0.3) is 0 Å². The van der Waals surface area contributed by atoms with Gasteiger partial charge < -0.3 is 10.6 Å². The van der Waals surface area contributed by atoms with Crippen molar-refractivity contribution in [3.63, 3.8) is 0 Å². The molecule has 1 saturated carbocycles. The van der Waals surface area contributed by atoms with Crippen molar-refractivity contribution in [1.29, 1.82) is 0 Å². The van der Waals surface area contributed by atoms with Gasteiger partial charge in [-0.25, -0.2) is 0 Å². The summed E-state index contributed by atoms with van der Waals surface area (Å²) >= 11 is 0. The van der Waals surface area contributed by atoms with Crippen LogP contribution in [-0.2, 0) is 4.79 Å². The average molecular weight is 278 g/mol. The monoisotopic (exact) mass is 278 g/mol. The zero-order valence-corrected chi connectivity index (χ0v) is 12.7. The van der Waals surface area contributed by atoms with Crippen LogP contribution in [0.1, 0.15) is 39.5 Å². The fraction of sp³-hybridized carbons (Fsp3) is 0.800. The van der Waals surface area contributed by atoms with E-state index in [-0.39, 0.29) is 17.9 Å². The van der Waals surface area contributed by atoms with E-state index in [0.717, 1.165) is 25.3 Å². The number of hydrogen-bond acceptors (Lipinski definition) is 4. The molecule has 5 heteroatoms. The lowest BCUT2D eigenvalue weighted by molar-refractivity contribution is -0.114. The van der Waals surface area contributed by atoms with Gasteiger partial charge in [0, 0.05) is 19.2 Å². The lowest BCUT2D eigenvalue weighted by Gasteiger charge is -2.28. The minimum absolute atomic E-state index is 0.00630. The highest BCUT2D eigenvalue weighted by atomic mass is 16.1. The van der Waals surface area contributed by atoms with E-state index in [1.165, 1.54) is 12.8 Å². The van der Waals surface area contributed by atoms with Crippen molar-refractivity contribution in [2.24, 2.45) is 28.0 Å². The summed E-state index contributed by atoms with van der Waals surface area (Å²) in [5, 5.41) is 14.3. The van der Waals surface area contributed by atoms with Crippen molar-refractivity contribution >= 4 is 17.8 Å². The van der Waals surface area contributed by atoms with Crippen molar-refractivity contribution in [1.82, 2.24) is 10.6 Å². The number of nitrogens with one attached hydrogen (secondary N) is 2. The van der Waals surface area contributed by atoms with E-state index in [9.17, 15) is 4.79 Å². The van der Waals surface area contributed by atoms with Crippen LogP contribution < -0.4 is 10.6 Å². The summed E-state index contributed by atoms with van der Waals surface area (Å²) in [5.41, 5.74) is 0.532. The number of amides is 1. The maximum absolute atomic E-state index is 12.0. The second-order valence-electron chi connectivity index (χ2n) is 6.29. The zero-order chi connectivity index (χ0) is 14.5. The summed E-state index contributed by atoms with van der Waals surface area (Å²) in [6.45, 7) is 5.42. The molecule has 112 valence electrons. The van der Waals surface area contributed by atoms with Gasteiger partial charge in [0.05, 0.1) is 6.04 Å². The molecule has 2 aliphatic rings. The van der Waals surface area contributed by atoms with Crippen LogP contribution in [0.15, 0.2) is 10.2 Å². The number of nitrogens with zero attached hydrogens (tertiary/aromatic N) is 2. The molecule has 5 nitrogen and oxygen atoms in total. The number of carbonyl (C=O) groups excluding carboxylic acids is 1. The third-order valence-corrected chi connectivity index (χ3v) is 4.01. The fourth-order valence-electron chi connectivity index (χ4n) is 2.48. The van der Waals surface area contributed by atoms with E-state index in [1.54, 1.807) is 7.05 Å². The van der Waals surface area contributed by atoms with Gasteiger partial charge in [0.2, 0.25) is 0 Å². The first-order valence-corrected chi connectivity index (χ1v) is 7.68. The van der Waals surface area contributed by atoms with Gasteiger partial charge in [-0.3, -0.25) is 4.79 Å². The number of hydrogen-bond donors (Lipinski definition) is 2. The summed E-state index contributed by atoms with van der Waals surface area (Å²) in [5.74, 6) is 1.59. The first-order chi connectivity index (χ1) is 9.61. The van der Waals surface area contributed by atoms with Crippen LogP contribution in [0.2, 0.25) is 0 Å². The molecule has 1 amide bonds. The Morgan fingerprint density at radius 2 is 2.20 bits per heavy atom. The predicted molar refractivity (Wildman–Crippen MR) is 82.1 cm³/mol. The van der Waals surface area contributed by atoms with E-state index >= 15 is 0 Å². The SMILES string of the molecule is CNC(=O)C1=NN=CC(CCC(C)C)C1NCC1CC1. The van der Waals surface area contributed by atoms with Crippen molar-refractivity contribution in [3.05, 3.63) is 0 Å². The van der Waals surface area contributed by atoms with Gasteiger partial charge in [-0.1, -0.05) is 20.3 Å².